The van der Waals surface area contributed by atoms with Crippen LogP contribution in [0.1, 0.15) is 5.56 Å². The zero-order chi connectivity index (χ0) is 16.9. The van der Waals surface area contributed by atoms with Crippen molar-refractivity contribution in [2.75, 3.05) is 24.4 Å². The molecule has 6 heteroatoms. The predicted octanol–water partition coefficient (Wildman–Crippen LogP) is 4.46. The van der Waals surface area contributed by atoms with Crippen molar-refractivity contribution in [3.63, 3.8) is 0 Å². The highest BCUT2D eigenvalue weighted by Crippen LogP contribution is 2.25. The summed E-state index contributed by atoms with van der Waals surface area (Å²) in [5.41, 5.74) is 6.75. The molecule has 24 heavy (non-hydrogen) atoms. The summed E-state index contributed by atoms with van der Waals surface area (Å²) in [6.45, 7) is 0. The van der Waals surface area contributed by atoms with Gasteiger partial charge in [0.2, 0.25) is 5.13 Å². The third-order valence-electron chi connectivity index (χ3n) is 3.43. The van der Waals surface area contributed by atoms with Gasteiger partial charge in [0, 0.05) is 30.7 Å². The number of hydrazone groups is 1. The SMILES string of the molecule is CN(C)c1ccc(/C=N/Nc2nc(-c3ccc(F)cc3)cs2)cc1. The normalized spacial score (nSPS) is 11.0. The van der Waals surface area contributed by atoms with Crippen LogP contribution in [-0.2, 0) is 0 Å². The van der Waals surface area contributed by atoms with Gasteiger partial charge in [0.05, 0.1) is 11.9 Å². The Balaban J connectivity index is 1.63. The van der Waals surface area contributed by atoms with Gasteiger partial charge in [-0.2, -0.15) is 5.10 Å². The zero-order valence-electron chi connectivity index (χ0n) is 13.4. The Morgan fingerprint density at radius 1 is 1.08 bits per heavy atom. The topological polar surface area (TPSA) is 40.5 Å². The summed E-state index contributed by atoms with van der Waals surface area (Å²) in [4.78, 5) is 6.49. The highest BCUT2D eigenvalue weighted by Gasteiger charge is 2.04. The van der Waals surface area contributed by atoms with Gasteiger partial charge in [0.25, 0.3) is 0 Å². The molecule has 0 aliphatic heterocycles. The van der Waals surface area contributed by atoms with E-state index >= 15 is 0 Å². The van der Waals surface area contributed by atoms with Crippen LogP contribution in [0.15, 0.2) is 59.0 Å². The zero-order valence-corrected chi connectivity index (χ0v) is 14.2. The number of rotatable bonds is 5. The summed E-state index contributed by atoms with van der Waals surface area (Å²) in [6, 6.07) is 14.4. The van der Waals surface area contributed by atoms with E-state index in [0.29, 0.717) is 5.13 Å². The van der Waals surface area contributed by atoms with E-state index in [1.807, 2.05) is 48.6 Å². The van der Waals surface area contributed by atoms with Crippen molar-refractivity contribution in [2.45, 2.75) is 0 Å². The molecule has 0 fully saturated rings. The molecular weight excluding hydrogens is 323 g/mol. The van der Waals surface area contributed by atoms with Crippen LogP contribution in [-0.4, -0.2) is 25.3 Å². The summed E-state index contributed by atoms with van der Waals surface area (Å²) in [5.74, 6) is -0.253. The Kier molecular flexibility index (Phi) is 4.86. The maximum absolute atomic E-state index is 13.0. The second-order valence-corrected chi connectivity index (χ2v) is 6.26. The molecule has 122 valence electrons. The van der Waals surface area contributed by atoms with Crippen LogP contribution in [0.5, 0.6) is 0 Å². The molecular formula is C18H17FN4S. The van der Waals surface area contributed by atoms with E-state index in [0.717, 1.165) is 22.5 Å². The lowest BCUT2D eigenvalue weighted by molar-refractivity contribution is 0.628. The lowest BCUT2D eigenvalue weighted by atomic mass is 10.2. The fraction of sp³-hybridized carbons (Fsp3) is 0.111. The first-order chi connectivity index (χ1) is 11.6. The number of thiazole rings is 1. The number of nitrogens with one attached hydrogen (secondary N) is 1. The van der Waals surface area contributed by atoms with Crippen molar-refractivity contribution in [1.29, 1.82) is 0 Å². The Morgan fingerprint density at radius 2 is 1.79 bits per heavy atom. The van der Waals surface area contributed by atoms with Crippen molar-refractivity contribution in [3.8, 4) is 11.3 Å². The smallest absolute Gasteiger partial charge is 0.203 e. The van der Waals surface area contributed by atoms with Crippen LogP contribution < -0.4 is 10.3 Å². The van der Waals surface area contributed by atoms with Gasteiger partial charge in [-0.25, -0.2) is 9.37 Å². The summed E-state index contributed by atoms with van der Waals surface area (Å²) in [7, 11) is 4.01. The number of halogens is 1. The van der Waals surface area contributed by atoms with Gasteiger partial charge in [-0.3, -0.25) is 5.43 Å². The lowest BCUT2D eigenvalue weighted by Gasteiger charge is -2.11. The predicted molar refractivity (Wildman–Crippen MR) is 99.5 cm³/mol. The van der Waals surface area contributed by atoms with E-state index in [4.69, 9.17) is 0 Å². The van der Waals surface area contributed by atoms with E-state index in [9.17, 15) is 4.39 Å². The van der Waals surface area contributed by atoms with Crippen LogP contribution >= 0.6 is 11.3 Å². The summed E-state index contributed by atoms with van der Waals surface area (Å²) in [5, 5.41) is 6.81. The molecule has 0 unspecified atom stereocenters. The first-order valence-corrected chi connectivity index (χ1v) is 8.28. The van der Waals surface area contributed by atoms with E-state index in [1.165, 1.54) is 23.5 Å². The second-order valence-electron chi connectivity index (χ2n) is 5.40. The monoisotopic (exact) mass is 340 g/mol. The minimum atomic E-state index is -0.253. The Bertz CT molecular complexity index is 823. The van der Waals surface area contributed by atoms with Gasteiger partial charge in [-0.15, -0.1) is 11.3 Å². The molecule has 0 saturated heterocycles. The largest absolute Gasteiger partial charge is 0.378 e. The van der Waals surface area contributed by atoms with E-state index in [1.54, 1.807) is 18.3 Å². The molecule has 0 aliphatic carbocycles. The van der Waals surface area contributed by atoms with Gasteiger partial charge in [-0.1, -0.05) is 12.1 Å². The molecule has 4 nitrogen and oxygen atoms in total. The Morgan fingerprint density at radius 3 is 2.46 bits per heavy atom. The number of benzene rings is 2. The molecule has 1 aromatic heterocycles. The number of anilines is 2. The Labute approximate surface area is 144 Å². The summed E-state index contributed by atoms with van der Waals surface area (Å²) >= 11 is 1.45. The average Bonchev–Trinajstić information content (AvgIpc) is 3.05. The van der Waals surface area contributed by atoms with Crippen LogP contribution in [0.4, 0.5) is 15.2 Å². The number of hydrogen-bond donors (Lipinski definition) is 1. The molecule has 0 bridgehead atoms. The van der Waals surface area contributed by atoms with Crippen LogP contribution in [0.2, 0.25) is 0 Å². The van der Waals surface area contributed by atoms with Crippen molar-refractivity contribution in [1.82, 2.24) is 4.98 Å². The average molecular weight is 340 g/mol. The Hall–Kier alpha value is -2.73. The highest BCUT2D eigenvalue weighted by molar-refractivity contribution is 7.14. The third kappa shape index (κ3) is 3.97. The molecule has 0 radical (unpaired) electrons. The molecule has 3 rings (SSSR count). The maximum Gasteiger partial charge on any atom is 0.203 e. The molecule has 3 aromatic rings. The minimum Gasteiger partial charge on any atom is -0.378 e. The van der Waals surface area contributed by atoms with Gasteiger partial charge in [-0.05, 0) is 42.0 Å². The summed E-state index contributed by atoms with van der Waals surface area (Å²) in [6.07, 6.45) is 1.75. The standard InChI is InChI=1S/C18H17FN4S/c1-23(2)16-9-3-13(4-10-16)11-20-22-18-21-17(12-24-18)14-5-7-15(19)8-6-14/h3-12H,1-2H3,(H,21,22)/b20-11+. The molecule has 0 saturated carbocycles. The molecule has 0 spiro atoms. The third-order valence-corrected chi connectivity index (χ3v) is 4.17. The quantitative estimate of drug-likeness (QED) is 0.551. The molecule has 0 amide bonds. The second kappa shape index (κ2) is 7.23. The number of aromatic nitrogens is 1. The van der Waals surface area contributed by atoms with E-state index in [2.05, 4.69) is 15.5 Å². The fourth-order valence-electron chi connectivity index (χ4n) is 2.10. The number of nitrogens with zero attached hydrogens (tertiary/aromatic N) is 3. The van der Waals surface area contributed by atoms with Crippen molar-refractivity contribution >= 4 is 28.4 Å². The van der Waals surface area contributed by atoms with Crippen LogP contribution in [0, 0.1) is 5.82 Å². The molecule has 0 aliphatic rings. The van der Waals surface area contributed by atoms with Crippen molar-refractivity contribution in [3.05, 3.63) is 65.3 Å². The molecule has 1 heterocycles. The van der Waals surface area contributed by atoms with Crippen molar-refractivity contribution < 1.29 is 4.39 Å². The number of hydrogen-bond acceptors (Lipinski definition) is 5. The molecule has 0 atom stereocenters. The summed E-state index contributed by atoms with van der Waals surface area (Å²) < 4.78 is 13.0. The van der Waals surface area contributed by atoms with Crippen LogP contribution in [0.25, 0.3) is 11.3 Å². The van der Waals surface area contributed by atoms with Gasteiger partial charge in [0.15, 0.2) is 0 Å². The highest BCUT2D eigenvalue weighted by atomic mass is 32.1. The fourth-order valence-corrected chi connectivity index (χ4v) is 2.77. The van der Waals surface area contributed by atoms with E-state index < -0.39 is 0 Å². The van der Waals surface area contributed by atoms with Crippen molar-refractivity contribution in [2.24, 2.45) is 5.10 Å². The first kappa shape index (κ1) is 16.1. The lowest BCUT2D eigenvalue weighted by Crippen LogP contribution is -2.08. The molecule has 1 N–H and O–H groups in total. The minimum absolute atomic E-state index is 0.253. The maximum atomic E-state index is 13.0. The van der Waals surface area contributed by atoms with Gasteiger partial charge in [0.1, 0.15) is 5.82 Å². The van der Waals surface area contributed by atoms with Gasteiger partial charge < -0.3 is 4.90 Å². The molecule has 2 aromatic carbocycles. The van der Waals surface area contributed by atoms with E-state index in [-0.39, 0.29) is 5.82 Å². The first-order valence-electron chi connectivity index (χ1n) is 7.40. The van der Waals surface area contributed by atoms with Gasteiger partial charge >= 0.3 is 0 Å². The van der Waals surface area contributed by atoms with Crippen LogP contribution in [0.3, 0.4) is 0 Å².